The molecule has 1 heterocycles. The fourth-order valence-corrected chi connectivity index (χ4v) is 10.4. The highest BCUT2D eigenvalue weighted by molar-refractivity contribution is 5.83. The molecule has 3 fully saturated rings. The molecule has 0 amide bonds. The minimum Gasteiger partial charge on any atom is -0.468 e. The highest BCUT2D eigenvalue weighted by Gasteiger charge is 2.81. The SMILES string of the molecule is COC(=O)[C@]12CC[C@@]3(C)[C@@H]4C=CC(=O)OC[C@]4([C@@H](C)O)[C@@H](O)[C@@H](O)[C@@H]3[C@@]1(C)CC[C@@]1(C)CC=C(C)C[C@]12O. The third-order valence-electron chi connectivity index (χ3n) is 12.5. The molecule has 0 radical (unpaired) electrons. The predicted octanol–water partition coefficient (Wildman–Crippen LogP) is 2.67. The molecule has 0 aromatic carbocycles. The molecule has 8 nitrogen and oxygen atoms in total. The van der Waals surface area contributed by atoms with Gasteiger partial charge in [-0.1, -0.05) is 38.5 Å². The van der Waals surface area contributed by atoms with Crippen LogP contribution in [0.15, 0.2) is 23.8 Å². The first-order valence-electron chi connectivity index (χ1n) is 14.0. The van der Waals surface area contributed by atoms with Crippen molar-refractivity contribution in [2.75, 3.05) is 13.7 Å². The second kappa shape index (κ2) is 8.38. The summed E-state index contributed by atoms with van der Waals surface area (Å²) in [7, 11) is 1.35. The van der Waals surface area contributed by atoms with Gasteiger partial charge in [0.15, 0.2) is 0 Å². The smallest absolute Gasteiger partial charge is 0.330 e. The van der Waals surface area contributed by atoms with E-state index >= 15 is 0 Å². The van der Waals surface area contributed by atoms with E-state index in [9.17, 15) is 30.0 Å². The minimum atomic E-state index is -1.43. The van der Waals surface area contributed by atoms with Gasteiger partial charge in [-0.25, -0.2) is 4.79 Å². The van der Waals surface area contributed by atoms with E-state index in [1.807, 2.05) is 20.8 Å². The first-order valence-corrected chi connectivity index (χ1v) is 14.0. The van der Waals surface area contributed by atoms with E-state index in [4.69, 9.17) is 9.47 Å². The number of allylic oxidation sites excluding steroid dienone is 2. The molecular weight excluding hydrogens is 488 g/mol. The number of hydrogen-bond acceptors (Lipinski definition) is 8. The largest absolute Gasteiger partial charge is 0.468 e. The van der Waals surface area contributed by atoms with Crippen LogP contribution in [0.3, 0.4) is 0 Å². The Morgan fingerprint density at radius 2 is 1.84 bits per heavy atom. The Kier molecular flexibility index (Phi) is 6.14. The Hall–Kier alpha value is -1.74. The second-order valence-electron chi connectivity index (χ2n) is 13.8. The van der Waals surface area contributed by atoms with Crippen LogP contribution in [0.1, 0.15) is 73.1 Å². The number of carbonyl (C=O) groups is 2. The third-order valence-corrected chi connectivity index (χ3v) is 12.5. The van der Waals surface area contributed by atoms with Gasteiger partial charge in [0.1, 0.15) is 12.0 Å². The van der Waals surface area contributed by atoms with Gasteiger partial charge in [0.2, 0.25) is 0 Å². The Balaban J connectivity index is 1.76. The van der Waals surface area contributed by atoms with Crippen LogP contribution < -0.4 is 0 Å². The maximum atomic E-state index is 14.1. The number of cyclic esters (lactones) is 1. The monoisotopic (exact) mass is 532 g/mol. The predicted molar refractivity (Wildman–Crippen MR) is 138 cm³/mol. The van der Waals surface area contributed by atoms with Crippen LogP contribution in [0.2, 0.25) is 0 Å². The lowest BCUT2D eigenvalue weighted by molar-refractivity contribution is -0.334. The van der Waals surface area contributed by atoms with Crippen LogP contribution in [0.4, 0.5) is 0 Å². The normalized spacial score (nSPS) is 52.7. The number of methoxy groups -OCH3 is 1. The summed E-state index contributed by atoms with van der Waals surface area (Å²) >= 11 is 0. The molecule has 3 saturated carbocycles. The van der Waals surface area contributed by atoms with Gasteiger partial charge in [0, 0.05) is 11.5 Å². The van der Waals surface area contributed by atoms with E-state index in [0.29, 0.717) is 38.5 Å². The van der Waals surface area contributed by atoms with Gasteiger partial charge in [0.25, 0.3) is 0 Å². The zero-order chi connectivity index (χ0) is 28.1. The third kappa shape index (κ3) is 2.95. The number of ether oxygens (including phenoxy) is 2. The number of esters is 2. The summed E-state index contributed by atoms with van der Waals surface area (Å²) < 4.78 is 10.9. The Morgan fingerprint density at radius 3 is 2.47 bits per heavy atom. The molecule has 0 spiro atoms. The molecule has 1 aliphatic heterocycles. The van der Waals surface area contributed by atoms with Crippen molar-refractivity contribution in [3.05, 3.63) is 23.8 Å². The molecule has 0 bridgehead atoms. The van der Waals surface area contributed by atoms with Crippen molar-refractivity contribution in [3.63, 3.8) is 0 Å². The van der Waals surface area contributed by atoms with Gasteiger partial charge < -0.3 is 29.9 Å². The molecule has 5 rings (SSSR count). The summed E-state index contributed by atoms with van der Waals surface area (Å²) in [6.45, 7) is 9.37. The van der Waals surface area contributed by atoms with Gasteiger partial charge in [-0.2, -0.15) is 0 Å². The molecule has 5 aliphatic rings. The number of fused-ring (bicyclic) bond motifs is 7. The van der Waals surface area contributed by atoms with Gasteiger partial charge in [0.05, 0.1) is 36.4 Å². The van der Waals surface area contributed by atoms with Gasteiger partial charge in [-0.15, -0.1) is 0 Å². The molecule has 0 aromatic heterocycles. The zero-order valence-corrected chi connectivity index (χ0v) is 23.5. The van der Waals surface area contributed by atoms with E-state index < -0.39 is 74.8 Å². The van der Waals surface area contributed by atoms with Crippen molar-refractivity contribution in [1.82, 2.24) is 0 Å². The average Bonchev–Trinajstić information content (AvgIpc) is 3.04. The van der Waals surface area contributed by atoms with Crippen molar-refractivity contribution < 1.29 is 39.5 Å². The van der Waals surface area contributed by atoms with E-state index in [1.54, 1.807) is 13.0 Å². The molecule has 4 aliphatic carbocycles. The topological polar surface area (TPSA) is 134 Å². The zero-order valence-electron chi connectivity index (χ0n) is 23.5. The molecule has 4 N–H and O–H groups in total. The van der Waals surface area contributed by atoms with E-state index in [1.165, 1.54) is 13.2 Å². The maximum Gasteiger partial charge on any atom is 0.330 e. The molecular formula is C30H44O8. The van der Waals surface area contributed by atoms with Crippen molar-refractivity contribution in [3.8, 4) is 0 Å². The van der Waals surface area contributed by atoms with Crippen molar-refractivity contribution in [2.24, 2.45) is 38.9 Å². The summed E-state index contributed by atoms with van der Waals surface area (Å²) in [5.74, 6) is -2.19. The molecule has 212 valence electrons. The molecule has 0 aromatic rings. The first kappa shape index (κ1) is 27.8. The molecule has 8 heteroatoms. The summed E-state index contributed by atoms with van der Waals surface area (Å²) in [5, 5.41) is 47.7. The maximum absolute atomic E-state index is 14.1. The molecule has 11 atom stereocenters. The molecule has 0 saturated heterocycles. The van der Waals surface area contributed by atoms with E-state index in [0.717, 1.165) is 5.57 Å². The summed E-state index contributed by atoms with van der Waals surface area (Å²) in [5.41, 5.74) is -5.27. The summed E-state index contributed by atoms with van der Waals surface area (Å²) in [4.78, 5) is 26.4. The Labute approximate surface area is 225 Å². The van der Waals surface area contributed by atoms with Crippen molar-refractivity contribution in [2.45, 2.75) is 97.1 Å². The van der Waals surface area contributed by atoms with E-state index in [-0.39, 0.29) is 6.61 Å². The minimum absolute atomic E-state index is 0.230. The van der Waals surface area contributed by atoms with Crippen LogP contribution in [0, 0.1) is 38.9 Å². The van der Waals surface area contributed by atoms with Gasteiger partial charge >= 0.3 is 11.9 Å². The van der Waals surface area contributed by atoms with Crippen LogP contribution >= 0.6 is 0 Å². The number of aliphatic hydroxyl groups excluding tert-OH is 3. The quantitative estimate of drug-likeness (QED) is 0.315. The van der Waals surface area contributed by atoms with Crippen LogP contribution in [0.5, 0.6) is 0 Å². The summed E-state index contributed by atoms with van der Waals surface area (Å²) in [6, 6.07) is 0. The highest BCUT2D eigenvalue weighted by Crippen LogP contribution is 2.78. The first-order chi connectivity index (χ1) is 17.6. The van der Waals surface area contributed by atoms with Crippen molar-refractivity contribution in [1.29, 1.82) is 0 Å². The number of carbonyl (C=O) groups excluding carboxylic acids is 2. The van der Waals surface area contributed by atoms with Crippen LogP contribution in [-0.2, 0) is 19.1 Å². The van der Waals surface area contributed by atoms with E-state index in [2.05, 4.69) is 13.0 Å². The van der Waals surface area contributed by atoms with Gasteiger partial charge in [-0.3, -0.25) is 4.79 Å². The van der Waals surface area contributed by atoms with Crippen molar-refractivity contribution >= 4 is 11.9 Å². The lowest BCUT2D eigenvalue weighted by Crippen LogP contribution is -2.80. The molecule has 38 heavy (non-hydrogen) atoms. The Bertz CT molecular complexity index is 1100. The lowest BCUT2D eigenvalue weighted by atomic mass is 9.29. The van der Waals surface area contributed by atoms with Gasteiger partial charge in [-0.05, 0) is 75.0 Å². The van der Waals surface area contributed by atoms with Crippen LogP contribution in [-0.4, -0.2) is 70.0 Å². The summed E-state index contributed by atoms with van der Waals surface area (Å²) in [6.07, 6.45) is 4.29. The fourth-order valence-electron chi connectivity index (χ4n) is 10.4. The highest BCUT2D eigenvalue weighted by atomic mass is 16.5. The number of rotatable bonds is 2. The Morgan fingerprint density at radius 1 is 1.16 bits per heavy atom. The number of hydrogen-bond donors (Lipinski definition) is 4. The number of aliphatic hydroxyl groups is 4. The standard InChI is InChI=1S/C30H44O8/c1-17-9-10-25(3)11-13-27(5)22-21(33)23(34)28(18(2)31)16-38-20(32)8-7-19(28)26(22,4)12-14-29(27,24(35)37-6)30(25,36)15-17/h7-9,18-19,21-23,31,33-34,36H,10-16H2,1-6H3/t18-,19+,21+,22+,23+,25-,26+,27-,28-,29-,30+/m1/s1. The fraction of sp³-hybridized carbons (Fsp3) is 0.800. The second-order valence-corrected chi connectivity index (χ2v) is 13.8. The van der Waals surface area contributed by atoms with Crippen LogP contribution in [0.25, 0.3) is 0 Å². The molecule has 0 unspecified atom stereocenters. The average molecular weight is 533 g/mol. The lowest BCUT2D eigenvalue weighted by Gasteiger charge is -2.75.